The number of pyridine rings is 1. The van der Waals surface area contributed by atoms with Crippen LogP contribution >= 0.6 is 0 Å². The molecular formula is C14H19N5O. The van der Waals surface area contributed by atoms with Crippen molar-refractivity contribution in [3.05, 3.63) is 30.9 Å². The van der Waals surface area contributed by atoms with E-state index in [2.05, 4.69) is 19.4 Å². The lowest BCUT2D eigenvalue weighted by Crippen LogP contribution is -2.38. The number of rotatable bonds is 4. The van der Waals surface area contributed by atoms with Gasteiger partial charge >= 0.3 is 0 Å². The molecule has 1 fully saturated rings. The van der Waals surface area contributed by atoms with Crippen molar-refractivity contribution < 1.29 is 4.74 Å². The van der Waals surface area contributed by atoms with E-state index in [1.807, 2.05) is 24.7 Å². The SMILES string of the molecule is Nc1cc(-c2cncn2CCN2CCOCC2)ccn1. The highest BCUT2D eigenvalue weighted by atomic mass is 16.5. The first kappa shape index (κ1) is 13.1. The molecule has 20 heavy (non-hydrogen) atoms. The number of aromatic nitrogens is 3. The van der Waals surface area contributed by atoms with Crippen molar-refractivity contribution in [3.8, 4) is 11.3 Å². The van der Waals surface area contributed by atoms with Gasteiger partial charge in [-0.1, -0.05) is 0 Å². The van der Waals surface area contributed by atoms with Gasteiger partial charge in [-0.25, -0.2) is 9.97 Å². The third-order valence-electron chi connectivity index (χ3n) is 3.55. The van der Waals surface area contributed by atoms with Crippen LogP contribution in [0.3, 0.4) is 0 Å². The highest BCUT2D eigenvalue weighted by molar-refractivity contribution is 5.61. The summed E-state index contributed by atoms with van der Waals surface area (Å²) in [7, 11) is 0. The predicted molar refractivity (Wildman–Crippen MR) is 77.1 cm³/mol. The van der Waals surface area contributed by atoms with Gasteiger partial charge in [-0.05, 0) is 12.1 Å². The van der Waals surface area contributed by atoms with Gasteiger partial charge in [0.2, 0.25) is 0 Å². The van der Waals surface area contributed by atoms with E-state index >= 15 is 0 Å². The molecule has 3 heterocycles. The summed E-state index contributed by atoms with van der Waals surface area (Å²) in [6.07, 6.45) is 5.46. The van der Waals surface area contributed by atoms with E-state index in [-0.39, 0.29) is 0 Å². The highest BCUT2D eigenvalue weighted by Crippen LogP contribution is 2.19. The molecule has 0 saturated carbocycles. The summed E-state index contributed by atoms with van der Waals surface area (Å²) >= 11 is 0. The van der Waals surface area contributed by atoms with Crippen LogP contribution in [0.25, 0.3) is 11.3 Å². The average molecular weight is 273 g/mol. The van der Waals surface area contributed by atoms with E-state index in [4.69, 9.17) is 10.5 Å². The van der Waals surface area contributed by atoms with Crippen LogP contribution in [0.15, 0.2) is 30.9 Å². The number of nitrogen functional groups attached to an aromatic ring is 1. The van der Waals surface area contributed by atoms with Crippen molar-refractivity contribution >= 4 is 5.82 Å². The zero-order valence-electron chi connectivity index (χ0n) is 11.4. The fourth-order valence-corrected chi connectivity index (χ4v) is 2.42. The van der Waals surface area contributed by atoms with Crippen LogP contribution in [0.1, 0.15) is 0 Å². The lowest BCUT2D eigenvalue weighted by Gasteiger charge is -2.26. The summed E-state index contributed by atoms with van der Waals surface area (Å²) in [6, 6.07) is 3.83. The topological polar surface area (TPSA) is 69.2 Å². The van der Waals surface area contributed by atoms with Gasteiger partial charge in [0.1, 0.15) is 5.82 Å². The Bertz CT molecular complexity index is 562. The molecule has 2 aromatic rings. The van der Waals surface area contributed by atoms with E-state index in [1.54, 1.807) is 6.20 Å². The number of nitrogens with zero attached hydrogens (tertiary/aromatic N) is 4. The van der Waals surface area contributed by atoms with Crippen molar-refractivity contribution in [3.63, 3.8) is 0 Å². The number of hydrogen-bond acceptors (Lipinski definition) is 5. The van der Waals surface area contributed by atoms with Crippen molar-refractivity contribution in [2.75, 3.05) is 38.6 Å². The second-order valence-electron chi connectivity index (χ2n) is 4.90. The molecule has 6 nitrogen and oxygen atoms in total. The third-order valence-corrected chi connectivity index (χ3v) is 3.55. The minimum absolute atomic E-state index is 0.531. The first-order chi connectivity index (χ1) is 9.83. The third kappa shape index (κ3) is 2.97. The predicted octanol–water partition coefficient (Wildman–Crippen LogP) is 0.859. The minimum atomic E-state index is 0.531. The van der Waals surface area contributed by atoms with Crippen molar-refractivity contribution in [1.29, 1.82) is 0 Å². The molecule has 0 unspecified atom stereocenters. The molecule has 0 aliphatic carbocycles. The van der Waals surface area contributed by atoms with Crippen molar-refractivity contribution in [2.24, 2.45) is 0 Å². The van der Waals surface area contributed by atoms with Gasteiger partial charge in [0.25, 0.3) is 0 Å². The van der Waals surface area contributed by atoms with Gasteiger partial charge in [-0.2, -0.15) is 0 Å². The van der Waals surface area contributed by atoms with E-state index in [9.17, 15) is 0 Å². The molecule has 106 valence electrons. The van der Waals surface area contributed by atoms with Crippen LogP contribution in [0.5, 0.6) is 0 Å². The number of morpholine rings is 1. The number of ether oxygens (including phenoxy) is 1. The first-order valence-corrected chi connectivity index (χ1v) is 6.85. The van der Waals surface area contributed by atoms with Gasteiger partial charge < -0.3 is 15.0 Å². The normalized spacial score (nSPS) is 16.4. The smallest absolute Gasteiger partial charge is 0.123 e. The Kier molecular flexibility index (Phi) is 3.94. The second kappa shape index (κ2) is 6.02. The Morgan fingerprint density at radius 3 is 2.90 bits per heavy atom. The number of nitrogens with two attached hydrogens (primary N) is 1. The molecule has 6 heteroatoms. The largest absolute Gasteiger partial charge is 0.384 e. The zero-order valence-corrected chi connectivity index (χ0v) is 11.4. The molecule has 0 radical (unpaired) electrons. The fourth-order valence-electron chi connectivity index (χ4n) is 2.42. The molecule has 0 spiro atoms. The lowest BCUT2D eigenvalue weighted by molar-refractivity contribution is 0.0364. The highest BCUT2D eigenvalue weighted by Gasteiger charge is 2.11. The Morgan fingerprint density at radius 2 is 2.10 bits per heavy atom. The molecule has 0 bridgehead atoms. The van der Waals surface area contributed by atoms with E-state index in [0.717, 1.165) is 50.7 Å². The molecule has 0 amide bonds. The minimum Gasteiger partial charge on any atom is -0.384 e. The van der Waals surface area contributed by atoms with E-state index < -0.39 is 0 Å². The molecule has 0 atom stereocenters. The maximum Gasteiger partial charge on any atom is 0.123 e. The monoisotopic (exact) mass is 273 g/mol. The van der Waals surface area contributed by atoms with Crippen LogP contribution < -0.4 is 5.73 Å². The van der Waals surface area contributed by atoms with Gasteiger partial charge in [0, 0.05) is 37.9 Å². The maximum atomic E-state index is 5.74. The van der Waals surface area contributed by atoms with Crippen LogP contribution in [-0.2, 0) is 11.3 Å². The molecule has 3 rings (SSSR count). The Hall–Kier alpha value is -1.92. The Labute approximate surface area is 118 Å². The van der Waals surface area contributed by atoms with E-state index in [1.165, 1.54) is 0 Å². The fraction of sp³-hybridized carbons (Fsp3) is 0.429. The molecule has 2 N–H and O–H groups in total. The standard InChI is InChI=1S/C14H19N5O/c15-14-9-12(1-2-17-14)13-10-16-11-19(13)4-3-18-5-7-20-8-6-18/h1-2,9-11H,3-8H2,(H2,15,17). The van der Waals surface area contributed by atoms with Crippen molar-refractivity contribution in [1.82, 2.24) is 19.4 Å². The molecule has 1 aliphatic heterocycles. The van der Waals surface area contributed by atoms with Gasteiger partial charge in [-0.15, -0.1) is 0 Å². The number of imidazole rings is 1. The summed E-state index contributed by atoms with van der Waals surface area (Å²) in [6.45, 7) is 5.60. The van der Waals surface area contributed by atoms with Crippen molar-refractivity contribution in [2.45, 2.75) is 6.54 Å². The summed E-state index contributed by atoms with van der Waals surface area (Å²) in [5.74, 6) is 0.531. The van der Waals surface area contributed by atoms with Gasteiger partial charge in [0.15, 0.2) is 0 Å². The summed E-state index contributed by atoms with van der Waals surface area (Å²) in [4.78, 5) is 10.7. The first-order valence-electron chi connectivity index (χ1n) is 6.85. The molecular weight excluding hydrogens is 254 g/mol. The number of anilines is 1. The van der Waals surface area contributed by atoms with Crippen LogP contribution in [0.2, 0.25) is 0 Å². The Morgan fingerprint density at radius 1 is 1.25 bits per heavy atom. The van der Waals surface area contributed by atoms with Crippen LogP contribution in [0, 0.1) is 0 Å². The van der Waals surface area contributed by atoms with E-state index in [0.29, 0.717) is 5.82 Å². The quantitative estimate of drug-likeness (QED) is 0.894. The van der Waals surface area contributed by atoms with Gasteiger partial charge in [0.05, 0.1) is 31.4 Å². The maximum absolute atomic E-state index is 5.74. The second-order valence-corrected chi connectivity index (χ2v) is 4.90. The summed E-state index contributed by atoms with van der Waals surface area (Å²) in [5, 5.41) is 0. The average Bonchev–Trinajstić information content (AvgIpc) is 2.95. The number of hydrogen-bond donors (Lipinski definition) is 1. The molecule has 2 aromatic heterocycles. The van der Waals surface area contributed by atoms with Crippen LogP contribution in [0.4, 0.5) is 5.82 Å². The lowest BCUT2D eigenvalue weighted by atomic mass is 10.2. The zero-order chi connectivity index (χ0) is 13.8. The molecule has 0 aromatic carbocycles. The summed E-state index contributed by atoms with van der Waals surface area (Å²) < 4.78 is 7.52. The molecule has 1 saturated heterocycles. The van der Waals surface area contributed by atoms with Gasteiger partial charge in [-0.3, -0.25) is 4.90 Å². The van der Waals surface area contributed by atoms with Crippen LogP contribution in [-0.4, -0.2) is 52.3 Å². The summed E-state index contributed by atoms with van der Waals surface area (Å²) in [5.41, 5.74) is 7.87. The Balaban J connectivity index is 1.70. The molecule has 1 aliphatic rings.